The Balaban J connectivity index is 1.27. The van der Waals surface area contributed by atoms with Crippen LogP contribution in [0.1, 0.15) is 42.5 Å². The number of aromatic nitrogens is 1. The van der Waals surface area contributed by atoms with Crippen LogP contribution in [-0.4, -0.2) is 53.2 Å². The van der Waals surface area contributed by atoms with E-state index in [1.807, 2.05) is 0 Å². The monoisotopic (exact) mass is 633 g/mol. The molecule has 6 rings (SSSR count). The lowest BCUT2D eigenvalue weighted by atomic mass is 9.59. The molecule has 0 saturated heterocycles. The number of fused-ring (bicyclic) bond motifs is 3. The zero-order valence-electron chi connectivity index (χ0n) is 22.7. The third-order valence-electron chi connectivity index (χ3n) is 7.75. The maximum atomic E-state index is 13.8. The number of nitrogens with one attached hydrogen (secondary N) is 2. The first-order chi connectivity index (χ1) is 20.6. The molecule has 2 aromatic carbocycles. The van der Waals surface area contributed by atoms with E-state index in [-0.39, 0.29) is 40.1 Å². The van der Waals surface area contributed by atoms with E-state index in [0.29, 0.717) is 25.7 Å². The molecule has 3 aromatic rings. The quantitative estimate of drug-likeness (QED) is 0.301. The van der Waals surface area contributed by atoms with Gasteiger partial charge in [0.1, 0.15) is 29.2 Å². The van der Waals surface area contributed by atoms with E-state index < -0.39 is 53.2 Å². The second-order valence-corrected chi connectivity index (χ2v) is 11.4. The third kappa shape index (κ3) is 7.17. The fraction of sp³-hybridized carbons (Fsp3) is 0.333. The van der Waals surface area contributed by atoms with Crippen molar-refractivity contribution in [3.63, 3.8) is 0 Å². The molecular weight excluding hydrogens is 607 g/mol. The van der Waals surface area contributed by atoms with Gasteiger partial charge in [0.25, 0.3) is 11.8 Å². The highest BCUT2D eigenvalue weighted by molar-refractivity contribution is 6.31. The van der Waals surface area contributed by atoms with Gasteiger partial charge < -0.3 is 24.8 Å². The van der Waals surface area contributed by atoms with Crippen molar-refractivity contribution < 1.29 is 37.4 Å². The fourth-order valence-electron chi connectivity index (χ4n) is 5.54. The number of halogens is 4. The molecule has 2 N–H and O–H groups in total. The van der Waals surface area contributed by atoms with Gasteiger partial charge in [-0.25, -0.2) is 13.6 Å². The fourth-order valence-corrected chi connectivity index (χ4v) is 5.78. The summed E-state index contributed by atoms with van der Waals surface area (Å²) in [7, 11) is 0. The number of amides is 2. The topological polar surface area (TPSA) is 116 Å². The van der Waals surface area contributed by atoms with Crippen LogP contribution >= 0.6 is 23.2 Å². The minimum atomic E-state index is -0.923. The molecule has 2 bridgehead atoms. The molecule has 13 heteroatoms. The van der Waals surface area contributed by atoms with Crippen molar-refractivity contribution in [2.24, 2.45) is 0 Å². The summed E-state index contributed by atoms with van der Waals surface area (Å²) in [4.78, 5) is 42.9. The summed E-state index contributed by atoms with van der Waals surface area (Å²) in [6.07, 6.45) is 4.08. The Labute approximate surface area is 255 Å². The van der Waals surface area contributed by atoms with Crippen LogP contribution in [0.2, 0.25) is 10.0 Å². The second-order valence-electron chi connectivity index (χ2n) is 10.6. The van der Waals surface area contributed by atoms with Crippen molar-refractivity contribution in [2.75, 3.05) is 13.2 Å². The maximum absolute atomic E-state index is 13.8. The molecule has 1 unspecified atom stereocenters. The Hall–Kier alpha value is -3.96. The van der Waals surface area contributed by atoms with Gasteiger partial charge in [0.2, 0.25) is 0 Å². The molecule has 3 saturated carbocycles. The smallest absolute Gasteiger partial charge is 0.340 e. The first-order valence-electron chi connectivity index (χ1n) is 13.5. The van der Waals surface area contributed by atoms with Gasteiger partial charge in [0, 0.05) is 36.5 Å². The van der Waals surface area contributed by atoms with E-state index in [9.17, 15) is 23.2 Å². The first kappa shape index (κ1) is 30.5. The zero-order valence-corrected chi connectivity index (χ0v) is 24.2. The van der Waals surface area contributed by atoms with Crippen LogP contribution in [0, 0.1) is 11.6 Å². The molecule has 1 heterocycles. The van der Waals surface area contributed by atoms with E-state index >= 15 is 0 Å². The lowest BCUT2D eigenvalue weighted by Gasteiger charge is -2.57. The van der Waals surface area contributed by atoms with E-state index in [2.05, 4.69) is 15.6 Å². The minimum Gasteiger partial charge on any atom is -0.484 e. The summed E-state index contributed by atoms with van der Waals surface area (Å²) >= 11 is 11.4. The number of benzene rings is 2. The van der Waals surface area contributed by atoms with E-state index in [0.717, 1.165) is 12.1 Å². The van der Waals surface area contributed by atoms with Crippen molar-refractivity contribution in [1.82, 2.24) is 15.6 Å². The van der Waals surface area contributed by atoms with Gasteiger partial charge >= 0.3 is 5.97 Å². The van der Waals surface area contributed by atoms with Crippen LogP contribution < -0.4 is 20.1 Å². The molecule has 9 nitrogen and oxygen atoms in total. The predicted octanol–water partition coefficient (Wildman–Crippen LogP) is 5.04. The Kier molecular flexibility index (Phi) is 9.03. The Bertz CT molecular complexity index is 1520. The molecule has 0 spiro atoms. The summed E-state index contributed by atoms with van der Waals surface area (Å²) in [6, 6.07) is 10.9. The summed E-state index contributed by atoms with van der Waals surface area (Å²) in [5, 5.41) is 5.87. The number of pyridine rings is 1. The highest BCUT2D eigenvalue weighted by Gasteiger charge is 2.57. The van der Waals surface area contributed by atoms with Crippen LogP contribution in [0.5, 0.6) is 11.5 Å². The minimum absolute atomic E-state index is 0.0620. The van der Waals surface area contributed by atoms with Gasteiger partial charge in [-0.05, 0) is 62.1 Å². The highest BCUT2D eigenvalue weighted by Crippen LogP contribution is 2.48. The number of esters is 1. The molecule has 1 aromatic heterocycles. The molecule has 3 aliphatic carbocycles. The van der Waals surface area contributed by atoms with Crippen LogP contribution in [0.3, 0.4) is 0 Å². The van der Waals surface area contributed by atoms with Crippen LogP contribution in [-0.2, 0) is 14.3 Å². The summed E-state index contributed by atoms with van der Waals surface area (Å²) in [5.41, 5.74) is -1.41. The first-order valence-corrected chi connectivity index (χ1v) is 14.2. The number of ether oxygens (including phenoxy) is 3. The second kappa shape index (κ2) is 12.7. The number of carbonyl (C=O) groups excluding carboxylic acids is 3. The molecular formula is C30H27Cl2F2N3O6. The van der Waals surface area contributed by atoms with E-state index in [1.165, 1.54) is 36.7 Å². The Morgan fingerprint density at radius 3 is 1.98 bits per heavy atom. The zero-order chi connectivity index (χ0) is 30.6. The van der Waals surface area contributed by atoms with Gasteiger partial charge in [-0.15, -0.1) is 0 Å². The highest BCUT2D eigenvalue weighted by atomic mass is 35.5. The van der Waals surface area contributed by atoms with Crippen LogP contribution in [0.15, 0.2) is 60.9 Å². The standard InChI is InChI=1S/C30H27Cl2F2N3O6/c31-21-5-3-19(12-23(21)33)41-16-26(38)36-29-7-9-30(10-8-29,25(14-29)43-28(40)18-2-1-11-35-15-18)37-27(39)17-42-20-4-6-22(32)24(34)13-20/h1-6,11-13,15,25H,7-10,14,16-17H2,(H,36,38)(H,37,39). The Morgan fingerprint density at radius 1 is 0.860 bits per heavy atom. The van der Waals surface area contributed by atoms with Gasteiger partial charge in [-0.3, -0.25) is 14.6 Å². The maximum Gasteiger partial charge on any atom is 0.340 e. The molecule has 226 valence electrons. The molecule has 0 radical (unpaired) electrons. The normalized spacial score (nSPS) is 22.4. The van der Waals surface area contributed by atoms with Crippen molar-refractivity contribution >= 4 is 41.0 Å². The third-order valence-corrected chi connectivity index (χ3v) is 8.37. The van der Waals surface area contributed by atoms with E-state index in [1.54, 1.807) is 12.1 Å². The van der Waals surface area contributed by atoms with Crippen molar-refractivity contribution in [3.8, 4) is 11.5 Å². The van der Waals surface area contributed by atoms with E-state index in [4.69, 9.17) is 37.4 Å². The lowest BCUT2D eigenvalue weighted by Crippen LogP contribution is -2.71. The molecule has 1 atom stereocenters. The molecule has 0 aliphatic heterocycles. The predicted molar refractivity (Wildman–Crippen MR) is 152 cm³/mol. The number of rotatable bonds is 10. The largest absolute Gasteiger partial charge is 0.484 e. The summed E-state index contributed by atoms with van der Waals surface area (Å²) in [6.45, 7) is -0.774. The van der Waals surface area contributed by atoms with Gasteiger partial charge in [0.15, 0.2) is 13.2 Å². The van der Waals surface area contributed by atoms with Gasteiger partial charge in [-0.2, -0.15) is 0 Å². The SMILES string of the molecule is O=C(COc1ccc(Cl)c(F)c1)NC12CCC(NC(=O)COc3ccc(Cl)c(F)c3)(CC1)C(OC(=O)c1cccnc1)C2. The molecule has 2 amide bonds. The average molecular weight is 634 g/mol. The Morgan fingerprint density at radius 2 is 1.44 bits per heavy atom. The number of hydrogen-bond acceptors (Lipinski definition) is 7. The average Bonchev–Trinajstić information content (AvgIpc) is 2.99. The number of nitrogens with zero attached hydrogens (tertiary/aromatic N) is 1. The molecule has 43 heavy (non-hydrogen) atoms. The van der Waals surface area contributed by atoms with Crippen molar-refractivity contribution in [2.45, 2.75) is 49.3 Å². The van der Waals surface area contributed by atoms with Crippen molar-refractivity contribution in [1.29, 1.82) is 0 Å². The van der Waals surface area contributed by atoms with Crippen LogP contribution in [0.4, 0.5) is 8.78 Å². The van der Waals surface area contributed by atoms with Crippen molar-refractivity contribution in [3.05, 3.63) is 88.2 Å². The summed E-state index contributed by atoms with van der Waals surface area (Å²) in [5.74, 6) is -2.61. The number of hydrogen-bond donors (Lipinski definition) is 2. The van der Waals surface area contributed by atoms with Gasteiger partial charge in [0.05, 0.1) is 21.1 Å². The molecule has 3 fully saturated rings. The molecule has 3 aliphatic rings. The summed E-state index contributed by atoms with van der Waals surface area (Å²) < 4.78 is 44.4. The van der Waals surface area contributed by atoms with Crippen LogP contribution in [0.25, 0.3) is 0 Å². The number of carbonyl (C=O) groups is 3. The van der Waals surface area contributed by atoms with Gasteiger partial charge in [-0.1, -0.05) is 23.2 Å². The lowest BCUT2D eigenvalue weighted by molar-refractivity contribution is -0.137.